The van der Waals surface area contributed by atoms with E-state index >= 15 is 0 Å². The van der Waals surface area contributed by atoms with E-state index in [1.165, 1.54) is 45.2 Å². The van der Waals surface area contributed by atoms with Crippen LogP contribution in [0.4, 0.5) is 0 Å². The molecule has 1 aliphatic heterocycles. The standard InChI is InChI=1S/C14H27N3O/c15-13(12-5-6-12)11-14(18)16-7-4-10-17-8-2-1-3-9-17/h12-13H,1-11,15H2,(H,16,18). The van der Waals surface area contributed by atoms with E-state index in [1.54, 1.807) is 0 Å². The Balaban J connectivity index is 1.47. The fraction of sp³-hybridized carbons (Fsp3) is 0.929. The number of nitrogens with zero attached hydrogens (tertiary/aromatic N) is 1. The van der Waals surface area contributed by atoms with Crippen LogP contribution in [0.3, 0.4) is 0 Å². The van der Waals surface area contributed by atoms with Gasteiger partial charge in [0.25, 0.3) is 0 Å². The van der Waals surface area contributed by atoms with Crippen LogP contribution in [0.25, 0.3) is 0 Å². The molecule has 3 N–H and O–H groups in total. The van der Waals surface area contributed by atoms with E-state index in [0.717, 1.165) is 19.5 Å². The maximum Gasteiger partial charge on any atom is 0.221 e. The third-order valence-corrected chi connectivity index (χ3v) is 4.07. The first-order valence-corrected chi connectivity index (χ1v) is 7.50. The van der Waals surface area contributed by atoms with Crippen LogP contribution >= 0.6 is 0 Å². The maximum absolute atomic E-state index is 11.6. The summed E-state index contributed by atoms with van der Waals surface area (Å²) in [5.41, 5.74) is 5.93. The Kier molecular flexibility index (Phi) is 5.45. The summed E-state index contributed by atoms with van der Waals surface area (Å²) in [6.45, 7) is 4.39. The van der Waals surface area contributed by atoms with Gasteiger partial charge in [0.2, 0.25) is 5.91 Å². The molecule has 2 fully saturated rings. The van der Waals surface area contributed by atoms with Crippen molar-refractivity contribution in [1.29, 1.82) is 0 Å². The number of rotatable bonds is 7. The predicted molar refractivity (Wildman–Crippen MR) is 73.2 cm³/mol. The first-order valence-electron chi connectivity index (χ1n) is 7.50. The van der Waals surface area contributed by atoms with Crippen LogP contribution in [0.5, 0.6) is 0 Å². The van der Waals surface area contributed by atoms with Crippen molar-refractivity contribution in [2.45, 2.75) is 51.0 Å². The van der Waals surface area contributed by atoms with Crippen LogP contribution in [-0.4, -0.2) is 43.0 Å². The summed E-state index contributed by atoms with van der Waals surface area (Å²) in [5, 5.41) is 2.99. The highest BCUT2D eigenvalue weighted by Crippen LogP contribution is 2.32. The van der Waals surface area contributed by atoms with Crippen LogP contribution in [-0.2, 0) is 4.79 Å². The number of carbonyl (C=O) groups is 1. The van der Waals surface area contributed by atoms with Gasteiger partial charge in [0, 0.05) is 19.0 Å². The second kappa shape index (κ2) is 7.10. The van der Waals surface area contributed by atoms with Crippen LogP contribution in [0.2, 0.25) is 0 Å². The lowest BCUT2D eigenvalue weighted by Crippen LogP contribution is -2.35. The van der Waals surface area contributed by atoms with Gasteiger partial charge < -0.3 is 16.0 Å². The molecular weight excluding hydrogens is 226 g/mol. The Morgan fingerprint density at radius 1 is 1.28 bits per heavy atom. The van der Waals surface area contributed by atoms with Gasteiger partial charge in [-0.1, -0.05) is 6.42 Å². The number of likely N-dealkylation sites (tertiary alicyclic amines) is 1. The van der Waals surface area contributed by atoms with Crippen LogP contribution in [0.1, 0.15) is 44.9 Å². The van der Waals surface area contributed by atoms with Gasteiger partial charge in [-0.05, 0) is 57.7 Å². The number of nitrogens with one attached hydrogen (secondary N) is 1. The first-order chi connectivity index (χ1) is 8.75. The Morgan fingerprint density at radius 3 is 2.67 bits per heavy atom. The molecule has 1 saturated heterocycles. The van der Waals surface area contributed by atoms with E-state index in [4.69, 9.17) is 5.73 Å². The molecule has 0 aromatic heterocycles. The molecule has 1 unspecified atom stereocenters. The van der Waals surface area contributed by atoms with Gasteiger partial charge in [0.15, 0.2) is 0 Å². The van der Waals surface area contributed by atoms with Gasteiger partial charge in [0.05, 0.1) is 0 Å². The van der Waals surface area contributed by atoms with Crippen molar-refractivity contribution in [2.75, 3.05) is 26.2 Å². The minimum absolute atomic E-state index is 0.0899. The molecule has 1 heterocycles. The molecule has 1 aliphatic carbocycles. The first kappa shape index (κ1) is 13.8. The second-order valence-electron chi connectivity index (χ2n) is 5.81. The van der Waals surface area contributed by atoms with E-state index in [0.29, 0.717) is 12.3 Å². The van der Waals surface area contributed by atoms with Crippen molar-refractivity contribution in [3.8, 4) is 0 Å². The Labute approximate surface area is 110 Å². The molecule has 4 nitrogen and oxygen atoms in total. The monoisotopic (exact) mass is 253 g/mol. The van der Waals surface area contributed by atoms with Crippen molar-refractivity contribution in [1.82, 2.24) is 10.2 Å². The summed E-state index contributed by atoms with van der Waals surface area (Å²) >= 11 is 0. The van der Waals surface area contributed by atoms with Gasteiger partial charge in [-0.25, -0.2) is 0 Å². The smallest absolute Gasteiger partial charge is 0.221 e. The summed E-state index contributed by atoms with van der Waals surface area (Å²) in [5.74, 6) is 0.747. The summed E-state index contributed by atoms with van der Waals surface area (Å²) in [7, 11) is 0. The molecule has 2 rings (SSSR count). The number of nitrogens with two attached hydrogens (primary N) is 1. The van der Waals surface area contributed by atoms with E-state index in [9.17, 15) is 4.79 Å². The molecule has 0 spiro atoms. The Bertz CT molecular complexity index is 260. The van der Waals surface area contributed by atoms with Gasteiger partial charge >= 0.3 is 0 Å². The predicted octanol–water partition coefficient (Wildman–Crippen LogP) is 1.11. The summed E-state index contributed by atoms with van der Waals surface area (Å²) in [4.78, 5) is 14.1. The zero-order valence-corrected chi connectivity index (χ0v) is 11.4. The highest BCUT2D eigenvalue weighted by molar-refractivity contribution is 5.76. The number of amides is 1. The maximum atomic E-state index is 11.6. The second-order valence-corrected chi connectivity index (χ2v) is 5.81. The third kappa shape index (κ3) is 4.94. The highest BCUT2D eigenvalue weighted by Gasteiger charge is 2.29. The molecule has 2 aliphatic rings. The molecule has 0 radical (unpaired) electrons. The minimum Gasteiger partial charge on any atom is -0.356 e. The average molecular weight is 253 g/mol. The van der Waals surface area contributed by atoms with Gasteiger partial charge in [-0.15, -0.1) is 0 Å². The van der Waals surface area contributed by atoms with E-state index in [1.807, 2.05) is 0 Å². The number of piperidine rings is 1. The average Bonchev–Trinajstić information content (AvgIpc) is 3.20. The normalized spacial score (nSPS) is 22.7. The van der Waals surface area contributed by atoms with Crippen LogP contribution in [0.15, 0.2) is 0 Å². The van der Waals surface area contributed by atoms with Crippen LogP contribution in [0, 0.1) is 5.92 Å². The zero-order chi connectivity index (χ0) is 12.8. The molecular formula is C14H27N3O. The largest absolute Gasteiger partial charge is 0.356 e. The van der Waals surface area contributed by atoms with E-state index < -0.39 is 0 Å². The molecule has 1 saturated carbocycles. The van der Waals surface area contributed by atoms with Gasteiger partial charge in [0.1, 0.15) is 0 Å². The molecule has 18 heavy (non-hydrogen) atoms. The number of carbonyl (C=O) groups excluding carboxylic acids is 1. The van der Waals surface area contributed by atoms with Crippen molar-refractivity contribution < 1.29 is 4.79 Å². The molecule has 0 aromatic rings. The fourth-order valence-electron chi connectivity index (χ4n) is 2.69. The molecule has 1 amide bonds. The Morgan fingerprint density at radius 2 is 2.00 bits per heavy atom. The van der Waals surface area contributed by atoms with Crippen LogP contribution < -0.4 is 11.1 Å². The zero-order valence-electron chi connectivity index (χ0n) is 11.4. The van der Waals surface area contributed by atoms with Crippen molar-refractivity contribution in [2.24, 2.45) is 11.7 Å². The van der Waals surface area contributed by atoms with Crippen molar-refractivity contribution >= 4 is 5.91 Å². The molecule has 0 bridgehead atoms. The summed E-state index contributed by atoms with van der Waals surface area (Å²) in [6.07, 6.45) is 8.04. The van der Waals surface area contributed by atoms with E-state index in [-0.39, 0.29) is 11.9 Å². The number of hydrogen-bond acceptors (Lipinski definition) is 3. The van der Waals surface area contributed by atoms with Crippen molar-refractivity contribution in [3.05, 3.63) is 0 Å². The lowest BCUT2D eigenvalue weighted by atomic mass is 10.1. The summed E-state index contributed by atoms with van der Waals surface area (Å²) in [6, 6.07) is 0.0899. The summed E-state index contributed by atoms with van der Waals surface area (Å²) < 4.78 is 0. The third-order valence-electron chi connectivity index (χ3n) is 4.07. The topological polar surface area (TPSA) is 58.4 Å². The molecule has 0 aromatic carbocycles. The molecule has 4 heteroatoms. The van der Waals surface area contributed by atoms with Gasteiger partial charge in [-0.3, -0.25) is 4.79 Å². The van der Waals surface area contributed by atoms with Crippen molar-refractivity contribution in [3.63, 3.8) is 0 Å². The van der Waals surface area contributed by atoms with E-state index in [2.05, 4.69) is 10.2 Å². The quantitative estimate of drug-likeness (QED) is 0.668. The molecule has 1 atom stereocenters. The SMILES string of the molecule is NC(CC(=O)NCCCN1CCCCC1)C1CC1. The highest BCUT2D eigenvalue weighted by atomic mass is 16.1. The van der Waals surface area contributed by atoms with Gasteiger partial charge in [-0.2, -0.15) is 0 Å². The lowest BCUT2D eigenvalue weighted by molar-refractivity contribution is -0.121. The molecule has 104 valence electrons. The number of hydrogen-bond donors (Lipinski definition) is 2. The fourth-order valence-corrected chi connectivity index (χ4v) is 2.69. The lowest BCUT2D eigenvalue weighted by Gasteiger charge is -2.26. The Hall–Kier alpha value is -0.610. The minimum atomic E-state index is 0.0899.